The quantitative estimate of drug-likeness (QED) is 0.198. The number of nitrogens with one attached hydrogen (secondary N) is 1. The number of likely N-dealkylation sites (N-methyl/N-ethyl adjacent to an activating group) is 1. The Morgan fingerprint density at radius 1 is 1.21 bits per heavy atom. The molecule has 0 spiro atoms. The zero-order valence-corrected chi connectivity index (χ0v) is 23.4. The number of aliphatic imine (C=N–C) groups is 1. The van der Waals surface area contributed by atoms with Gasteiger partial charge in [0.05, 0.1) is 24.0 Å². The maximum atomic E-state index is 13.1. The van der Waals surface area contributed by atoms with E-state index in [0.717, 1.165) is 71.2 Å². The van der Waals surface area contributed by atoms with Gasteiger partial charge in [-0.05, 0) is 58.5 Å². The monoisotopic (exact) mass is 539 g/mol. The lowest BCUT2D eigenvalue weighted by atomic mass is 10.1. The number of aliphatic hydroxyl groups excluding tert-OH is 1. The molecule has 6 N–H and O–H groups in total. The van der Waals surface area contributed by atoms with Gasteiger partial charge in [-0.15, -0.1) is 0 Å². The third kappa shape index (κ3) is 9.54. The highest BCUT2D eigenvalue weighted by atomic mass is 16.3. The zero-order valence-electron chi connectivity index (χ0n) is 23.4. The van der Waals surface area contributed by atoms with Crippen LogP contribution >= 0.6 is 0 Å². The molecule has 11 nitrogen and oxygen atoms in total. The number of nitrogens with two attached hydrogens (primary N) is 2. The molecule has 3 rings (SSSR count). The molecule has 0 aliphatic carbocycles. The molecule has 0 bridgehead atoms. The molecule has 39 heavy (non-hydrogen) atoms. The largest absolute Gasteiger partial charge is 0.404 e. The molecule has 0 radical (unpaired) electrons. The Morgan fingerprint density at radius 2 is 1.95 bits per heavy atom. The van der Waals surface area contributed by atoms with Crippen molar-refractivity contribution >= 4 is 23.4 Å². The first-order valence-electron chi connectivity index (χ1n) is 13.9. The lowest BCUT2D eigenvalue weighted by Gasteiger charge is -2.32. The van der Waals surface area contributed by atoms with Crippen LogP contribution in [-0.4, -0.2) is 95.2 Å². The summed E-state index contributed by atoms with van der Waals surface area (Å²) in [5.74, 6) is -0.377. The molecule has 0 aromatic carbocycles. The number of amides is 1. The van der Waals surface area contributed by atoms with Crippen molar-refractivity contribution in [3.8, 4) is 0 Å². The van der Waals surface area contributed by atoms with Crippen LogP contribution < -0.4 is 16.8 Å². The van der Waals surface area contributed by atoms with Crippen molar-refractivity contribution in [1.82, 2.24) is 24.6 Å². The Balaban J connectivity index is 1.60. The van der Waals surface area contributed by atoms with E-state index in [1.807, 2.05) is 10.9 Å². The number of piperidine rings is 1. The summed E-state index contributed by atoms with van der Waals surface area (Å²) in [6, 6.07) is 5.44. The van der Waals surface area contributed by atoms with E-state index >= 15 is 0 Å². The highest BCUT2D eigenvalue weighted by molar-refractivity contribution is 6.09. The first-order chi connectivity index (χ1) is 18.9. The molecule has 1 aliphatic heterocycles. The van der Waals surface area contributed by atoms with Crippen LogP contribution in [0.2, 0.25) is 0 Å². The van der Waals surface area contributed by atoms with Crippen LogP contribution in [0.5, 0.6) is 0 Å². The number of aromatic nitrogens is 3. The van der Waals surface area contributed by atoms with E-state index in [9.17, 15) is 9.90 Å². The van der Waals surface area contributed by atoms with Gasteiger partial charge in [-0.3, -0.25) is 14.5 Å². The van der Waals surface area contributed by atoms with Gasteiger partial charge in [-0.25, -0.2) is 4.98 Å². The number of hydrogen-bond acceptors (Lipinski definition) is 9. The van der Waals surface area contributed by atoms with Gasteiger partial charge >= 0.3 is 0 Å². The number of carbonyl (C=O) groups is 1. The van der Waals surface area contributed by atoms with E-state index in [1.165, 1.54) is 6.20 Å². The molecule has 1 saturated heterocycles. The number of unbranched alkanes of at least 4 members (excludes halogenated alkanes) is 3. The fraction of sp³-hybridized carbons (Fsp3) is 0.571. The topological polar surface area (TPSA) is 151 Å². The predicted octanol–water partition coefficient (Wildman–Crippen LogP) is 2.11. The number of nitrogens with zero attached hydrogens (tertiary/aromatic N) is 6. The maximum absolute atomic E-state index is 13.1. The van der Waals surface area contributed by atoms with Crippen molar-refractivity contribution in [2.75, 3.05) is 58.7 Å². The van der Waals surface area contributed by atoms with Crippen molar-refractivity contribution in [3.05, 3.63) is 47.7 Å². The van der Waals surface area contributed by atoms with Crippen molar-refractivity contribution < 1.29 is 9.90 Å². The van der Waals surface area contributed by atoms with Crippen LogP contribution in [0.25, 0.3) is 5.57 Å². The van der Waals surface area contributed by atoms with E-state index < -0.39 is 0 Å². The fourth-order valence-corrected chi connectivity index (χ4v) is 4.55. The number of pyridine rings is 1. The van der Waals surface area contributed by atoms with Gasteiger partial charge in [0.2, 0.25) is 0 Å². The standard InChI is InChI=1S/C28H45N9O2/c1-35(2)16-17-36-14-10-23(11-15-36)37-20-26(27(21-38)34-37)33-28(39)25-9-7-8-24(32-25)22(18-30)19-31-13-6-4-3-5-12-29/h7-9,18-20,23,38H,3-6,10-17,21,29-30H2,1-2H3,(H,33,39). The van der Waals surface area contributed by atoms with Gasteiger partial charge in [0, 0.05) is 56.9 Å². The molecule has 1 fully saturated rings. The number of anilines is 1. The summed E-state index contributed by atoms with van der Waals surface area (Å²) >= 11 is 0. The fourth-order valence-electron chi connectivity index (χ4n) is 4.55. The Bertz CT molecular complexity index is 1090. The zero-order chi connectivity index (χ0) is 28.0. The lowest BCUT2D eigenvalue weighted by Crippen LogP contribution is -2.38. The SMILES string of the molecule is CN(C)CCN1CCC(n2cc(NC(=O)c3cccc(C(C=NCCCCCCN)=CN)n3)c(CO)n2)CC1. The molecule has 1 aliphatic rings. The third-order valence-corrected chi connectivity index (χ3v) is 6.93. The van der Waals surface area contributed by atoms with Crippen LogP contribution in [0, 0.1) is 0 Å². The average Bonchev–Trinajstić information content (AvgIpc) is 3.36. The first kappa shape index (κ1) is 30.4. The minimum Gasteiger partial charge on any atom is -0.404 e. The Labute approximate surface area is 232 Å². The highest BCUT2D eigenvalue weighted by Crippen LogP contribution is 2.25. The van der Waals surface area contributed by atoms with Crippen LogP contribution in [-0.2, 0) is 6.61 Å². The molecule has 214 valence electrons. The summed E-state index contributed by atoms with van der Waals surface area (Å²) in [7, 11) is 4.18. The minimum atomic E-state index is -0.377. The van der Waals surface area contributed by atoms with Crippen LogP contribution in [0.15, 0.2) is 35.6 Å². The molecule has 0 atom stereocenters. The predicted molar refractivity (Wildman–Crippen MR) is 157 cm³/mol. The van der Waals surface area contributed by atoms with Gasteiger partial charge < -0.3 is 31.7 Å². The normalized spacial score (nSPS) is 15.5. The number of allylic oxidation sites excluding steroid dienone is 1. The first-order valence-corrected chi connectivity index (χ1v) is 13.9. The van der Waals surface area contributed by atoms with E-state index in [0.29, 0.717) is 29.2 Å². The van der Waals surface area contributed by atoms with Crippen LogP contribution in [0.4, 0.5) is 5.69 Å². The molecule has 1 amide bonds. The summed E-state index contributed by atoms with van der Waals surface area (Å²) in [5.41, 5.74) is 13.8. The molecular weight excluding hydrogens is 494 g/mol. The van der Waals surface area contributed by atoms with Crippen molar-refractivity contribution in [2.24, 2.45) is 16.5 Å². The summed E-state index contributed by atoms with van der Waals surface area (Å²) in [4.78, 5) is 26.7. The maximum Gasteiger partial charge on any atom is 0.274 e. The van der Waals surface area contributed by atoms with Gasteiger partial charge in [-0.2, -0.15) is 5.10 Å². The van der Waals surface area contributed by atoms with E-state index in [1.54, 1.807) is 24.4 Å². The number of rotatable bonds is 15. The van der Waals surface area contributed by atoms with Crippen molar-refractivity contribution in [2.45, 2.75) is 51.2 Å². The smallest absolute Gasteiger partial charge is 0.274 e. The second-order valence-corrected chi connectivity index (χ2v) is 10.2. The van der Waals surface area contributed by atoms with Gasteiger partial charge in [0.1, 0.15) is 11.4 Å². The van der Waals surface area contributed by atoms with Gasteiger partial charge in [0.15, 0.2) is 0 Å². The lowest BCUT2D eigenvalue weighted by molar-refractivity contribution is 0.102. The summed E-state index contributed by atoms with van der Waals surface area (Å²) < 4.78 is 1.88. The van der Waals surface area contributed by atoms with Crippen LogP contribution in [0.3, 0.4) is 0 Å². The molecular formula is C28H45N9O2. The average molecular weight is 540 g/mol. The molecule has 2 aromatic heterocycles. The number of aliphatic hydroxyl groups is 1. The third-order valence-electron chi connectivity index (χ3n) is 6.93. The Kier molecular flexibility index (Phi) is 12.6. The number of carbonyl (C=O) groups excluding carboxylic acids is 1. The Morgan fingerprint density at radius 3 is 2.64 bits per heavy atom. The Hall–Kier alpha value is -3.12. The van der Waals surface area contributed by atoms with Crippen molar-refractivity contribution in [1.29, 1.82) is 0 Å². The van der Waals surface area contributed by atoms with E-state index in [-0.39, 0.29) is 24.2 Å². The van der Waals surface area contributed by atoms with E-state index in [2.05, 4.69) is 44.3 Å². The second-order valence-electron chi connectivity index (χ2n) is 10.2. The molecule has 2 aromatic rings. The molecule has 0 unspecified atom stereocenters. The molecule has 11 heteroatoms. The minimum absolute atomic E-state index is 0.232. The number of likely N-dealkylation sites (tertiary alicyclic amines) is 1. The molecule has 3 heterocycles. The van der Waals surface area contributed by atoms with Crippen molar-refractivity contribution in [3.63, 3.8) is 0 Å². The molecule has 0 saturated carbocycles. The summed E-state index contributed by atoms with van der Waals surface area (Å²) in [6.07, 6.45) is 11.1. The summed E-state index contributed by atoms with van der Waals surface area (Å²) in [6.45, 7) is 5.25. The van der Waals surface area contributed by atoms with Gasteiger partial charge in [-0.1, -0.05) is 18.9 Å². The second kappa shape index (κ2) is 16.1. The van der Waals surface area contributed by atoms with E-state index in [4.69, 9.17) is 11.5 Å². The number of hydrogen-bond donors (Lipinski definition) is 4. The highest BCUT2D eigenvalue weighted by Gasteiger charge is 2.23. The van der Waals surface area contributed by atoms with Crippen LogP contribution in [0.1, 0.15) is 66.4 Å². The van der Waals surface area contributed by atoms with Gasteiger partial charge in [0.25, 0.3) is 5.91 Å². The summed E-state index contributed by atoms with van der Waals surface area (Å²) in [5, 5.41) is 17.4.